The second-order valence-electron chi connectivity index (χ2n) is 12.2. The fraction of sp³-hybridized carbons (Fsp3) is 0.105. The van der Waals surface area contributed by atoms with Gasteiger partial charge in [-0.25, -0.2) is 0 Å². The predicted molar refractivity (Wildman–Crippen MR) is 173 cm³/mol. The molecule has 0 aliphatic heterocycles. The van der Waals surface area contributed by atoms with Gasteiger partial charge in [-0.3, -0.25) is 0 Å². The van der Waals surface area contributed by atoms with Gasteiger partial charge in [-0.1, -0.05) is 24.3 Å². The number of rotatable bonds is 2. The molecule has 7 aromatic rings. The first-order valence-electron chi connectivity index (χ1n) is 15.2. The van der Waals surface area contributed by atoms with Crippen molar-refractivity contribution in [3.05, 3.63) is 129 Å². The Kier molecular flexibility index (Phi) is 8.03. The Balaban J connectivity index is 1.48. The van der Waals surface area contributed by atoms with Crippen LogP contribution in [0.25, 0.3) is 70.3 Å². The summed E-state index contributed by atoms with van der Waals surface area (Å²) in [7, 11) is 0. The fourth-order valence-corrected chi connectivity index (χ4v) is 6.61. The van der Waals surface area contributed by atoms with Gasteiger partial charge in [-0.15, -0.1) is 4.95 Å². The van der Waals surface area contributed by atoms with Gasteiger partial charge in [0, 0.05) is 21.5 Å². The van der Waals surface area contributed by atoms with Gasteiger partial charge in [0.2, 0.25) is 6.19 Å². The Hall–Kier alpha value is -6.42. The van der Waals surface area contributed by atoms with Crippen LogP contribution in [0.3, 0.4) is 0 Å². The molecule has 270 valence electrons. The second kappa shape index (κ2) is 12.1. The zero-order chi connectivity index (χ0) is 39.1. The van der Waals surface area contributed by atoms with Crippen molar-refractivity contribution in [3.8, 4) is 28.4 Å². The Morgan fingerprint density at radius 2 is 0.778 bits per heavy atom. The SMILES string of the molecule is [C-]#[N+]/N=c1/c2cc(-c3cc(C(F)(F)F)cc(C(F)(F)F)c3)ccc2c2cc3c(=NC#N)c4cc(-c5cc(C(F)(F)F)cc(C(F)(F)F)c5)ccc4c3cc12. The molecule has 0 spiro atoms. The molecule has 0 unspecified atom stereocenters. The van der Waals surface area contributed by atoms with E-state index < -0.39 is 58.1 Å². The Morgan fingerprint density at radius 1 is 0.426 bits per heavy atom. The van der Waals surface area contributed by atoms with E-state index in [4.69, 9.17) is 6.57 Å². The molecule has 7 aromatic carbocycles. The van der Waals surface area contributed by atoms with Crippen molar-refractivity contribution in [2.24, 2.45) is 10.1 Å². The van der Waals surface area contributed by atoms with Crippen molar-refractivity contribution in [1.29, 1.82) is 5.26 Å². The van der Waals surface area contributed by atoms with E-state index in [0.29, 0.717) is 56.6 Å². The van der Waals surface area contributed by atoms with Crippen LogP contribution in [0.1, 0.15) is 22.3 Å². The molecular weight excluding hydrogens is 740 g/mol. The summed E-state index contributed by atoms with van der Waals surface area (Å²) in [4.78, 5) is 7.00. The minimum atomic E-state index is -5.10. The first kappa shape index (κ1) is 36.0. The first-order valence-corrected chi connectivity index (χ1v) is 15.2. The summed E-state index contributed by atoms with van der Waals surface area (Å²) in [5, 5.41) is 16.1. The number of hydrogen-bond acceptors (Lipinski definition) is 3. The predicted octanol–water partition coefficient (Wildman–Crippen LogP) is 11.7. The normalized spacial score (nSPS) is 13.7. The molecule has 0 amide bonds. The number of nitriles is 1. The Bertz CT molecular complexity index is 2640. The van der Waals surface area contributed by atoms with Crippen molar-refractivity contribution in [1.82, 2.24) is 0 Å². The lowest BCUT2D eigenvalue weighted by molar-refractivity contribution is -0.144. The van der Waals surface area contributed by atoms with Gasteiger partial charge in [0.1, 0.15) is 0 Å². The Labute approximate surface area is 293 Å². The van der Waals surface area contributed by atoms with E-state index in [1.807, 2.05) is 0 Å². The van der Waals surface area contributed by atoms with Gasteiger partial charge in [0.25, 0.3) is 0 Å². The smallest absolute Gasteiger partial charge is 0.181 e. The highest BCUT2D eigenvalue weighted by Gasteiger charge is 2.38. The van der Waals surface area contributed by atoms with Crippen LogP contribution < -0.4 is 10.7 Å². The lowest BCUT2D eigenvalue weighted by Gasteiger charge is -2.14. The van der Waals surface area contributed by atoms with Crippen LogP contribution in [0.2, 0.25) is 0 Å². The Morgan fingerprint density at radius 3 is 1.13 bits per heavy atom. The van der Waals surface area contributed by atoms with Crippen molar-refractivity contribution in [2.45, 2.75) is 24.7 Å². The van der Waals surface area contributed by atoms with Crippen LogP contribution in [0.15, 0.2) is 95.0 Å². The molecule has 0 aliphatic carbocycles. The largest absolute Gasteiger partial charge is 0.416 e. The van der Waals surface area contributed by atoms with Gasteiger partial charge < -0.3 is 0 Å². The maximum atomic E-state index is 13.6. The van der Waals surface area contributed by atoms with Gasteiger partial charge >= 0.3 is 24.7 Å². The highest BCUT2D eigenvalue weighted by Crippen LogP contribution is 2.42. The molecule has 0 atom stereocenters. The third-order valence-corrected chi connectivity index (χ3v) is 8.95. The van der Waals surface area contributed by atoms with Crippen LogP contribution in [-0.4, -0.2) is 0 Å². The second-order valence-corrected chi connectivity index (χ2v) is 12.2. The summed E-state index contributed by atoms with van der Waals surface area (Å²) in [5.74, 6) is 0. The van der Waals surface area contributed by atoms with Gasteiger partial charge in [-0.05, 0) is 104 Å². The number of alkyl halides is 12. The standard InChI is InChI=1S/C38H14F12N4/c1-52-54-34-30-11-18(20-8-23(37(45,46)47)13-24(9-20)38(48,49)50)3-5-26(30)28-14-31-27(15-32(28)34)25-4-2-17(10-29(25)33(31)53-16-51)19-6-21(35(39,40)41)12-22(7-19)36(42,43)44/h2-15H/b53-33?,54-34-. The molecule has 16 heteroatoms. The van der Waals surface area contributed by atoms with Crippen LogP contribution in [0, 0.1) is 18.0 Å². The minimum absolute atomic E-state index is 0.000673. The van der Waals surface area contributed by atoms with Crippen LogP contribution in [0.5, 0.6) is 0 Å². The maximum Gasteiger partial charge on any atom is 0.416 e. The lowest BCUT2D eigenvalue weighted by Crippen LogP contribution is -2.11. The average Bonchev–Trinajstić information content (AvgIpc) is 3.56. The van der Waals surface area contributed by atoms with Gasteiger partial charge in [0.05, 0.1) is 32.7 Å². The first-order chi connectivity index (χ1) is 25.2. The van der Waals surface area contributed by atoms with E-state index in [0.717, 1.165) is 0 Å². The molecule has 0 saturated carbocycles. The molecule has 0 heterocycles. The molecular formula is C38H14F12N4. The number of halogens is 12. The zero-order valence-electron chi connectivity index (χ0n) is 26.4. The van der Waals surface area contributed by atoms with E-state index in [1.54, 1.807) is 18.3 Å². The summed E-state index contributed by atoms with van der Waals surface area (Å²) >= 11 is 0. The lowest BCUT2D eigenvalue weighted by atomic mass is 9.97. The molecule has 0 radical (unpaired) electrons. The molecule has 0 N–H and O–H groups in total. The molecule has 0 aliphatic rings. The highest BCUT2D eigenvalue weighted by atomic mass is 19.4. The fourth-order valence-electron chi connectivity index (χ4n) is 6.61. The third-order valence-electron chi connectivity index (χ3n) is 8.95. The number of fused-ring (bicyclic) bond motifs is 6. The zero-order valence-corrected chi connectivity index (χ0v) is 26.4. The van der Waals surface area contributed by atoms with E-state index in [-0.39, 0.29) is 44.7 Å². The quantitative estimate of drug-likeness (QED) is 0.0750. The number of benzene rings is 5. The van der Waals surface area contributed by atoms with Crippen molar-refractivity contribution in [3.63, 3.8) is 0 Å². The van der Waals surface area contributed by atoms with Crippen LogP contribution in [0.4, 0.5) is 52.7 Å². The molecule has 4 nitrogen and oxygen atoms in total. The summed E-state index contributed by atoms with van der Waals surface area (Å²) in [6, 6.07) is 13.4. The molecule has 0 aromatic heterocycles. The van der Waals surface area contributed by atoms with Gasteiger partial charge in [-0.2, -0.15) is 69.5 Å². The van der Waals surface area contributed by atoms with E-state index in [9.17, 15) is 57.9 Å². The van der Waals surface area contributed by atoms with Crippen LogP contribution in [-0.2, 0) is 24.7 Å². The summed E-state index contributed by atoms with van der Waals surface area (Å²) in [5.41, 5.74) is -7.01. The number of hydrogen-bond donors (Lipinski definition) is 0. The van der Waals surface area contributed by atoms with Gasteiger partial charge in [0.15, 0.2) is 5.36 Å². The summed E-state index contributed by atoms with van der Waals surface area (Å²) < 4.78 is 163. The molecule has 0 fully saturated rings. The van der Waals surface area contributed by atoms with E-state index in [2.05, 4.69) is 15.0 Å². The topological polar surface area (TPSA) is 52.9 Å². The van der Waals surface area contributed by atoms with Crippen molar-refractivity contribution in [2.75, 3.05) is 0 Å². The average molecular weight is 755 g/mol. The highest BCUT2D eigenvalue weighted by molar-refractivity contribution is 6.21. The molecule has 0 bridgehead atoms. The van der Waals surface area contributed by atoms with E-state index >= 15 is 0 Å². The molecule has 0 saturated heterocycles. The van der Waals surface area contributed by atoms with Crippen LogP contribution >= 0.6 is 0 Å². The molecule has 7 rings (SSSR count). The maximum absolute atomic E-state index is 13.6. The van der Waals surface area contributed by atoms with Crippen molar-refractivity contribution < 1.29 is 52.7 Å². The summed E-state index contributed by atoms with van der Waals surface area (Å²) in [6.45, 7) is 7.42. The number of nitrogens with zero attached hydrogens (tertiary/aromatic N) is 4. The monoisotopic (exact) mass is 754 g/mol. The molecule has 54 heavy (non-hydrogen) atoms. The summed E-state index contributed by atoms with van der Waals surface area (Å²) in [6.07, 6.45) is -18.7. The van der Waals surface area contributed by atoms with Crippen molar-refractivity contribution >= 4 is 43.1 Å². The third kappa shape index (κ3) is 6.13. The van der Waals surface area contributed by atoms with E-state index in [1.165, 1.54) is 36.4 Å². The minimum Gasteiger partial charge on any atom is -0.181 e.